The molecule has 2 N–H and O–H groups in total. The molecular formula is C13H24N2O2. The van der Waals surface area contributed by atoms with Crippen LogP contribution in [-0.4, -0.2) is 29.3 Å². The van der Waals surface area contributed by atoms with Gasteiger partial charge in [0.15, 0.2) is 0 Å². The molecule has 0 aromatic heterocycles. The Labute approximate surface area is 103 Å². The summed E-state index contributed by atoms with van der Waals surface area (Å²) >= 11 is 0. The summed E-state index contributed by atoms with van der Waals surface area (Å²) in [7, 11) is 0. The van der Waals surface area contributed by atoms with Gasteiger partial charge in [0.25, 0.3) is 0 Å². The molecular weight excluding hydrogens is 216 g/mol. The predicted molar refractivity (Wildman–Crippen MR) is 66.4 cm³/mol. The van der Waals surface area contributed by atoms with Crippen LogP contribution in [0, 0.1) is 11.3 Å². The Kier molecular flexibility index (Phi) is 2.89. The van der Waals surface area contributed by atoms with Crippen molar-refractivity contribution in [2.45, 2.75) is 58.7 Å². The van der Waals surface area contributed by atoms with Gasteiger partial charge in [-0.3, -0.25) is 4.90 Å². The molecule has 1 aliphatic carbocycles. The Bertz CT molecular complexity index is 324. The molecule has 0 bridgehead atoms. The quantitative estimate of drug-likeness (QED) is 0.707. The third-order valence-electron chi connectivity index (χ3n) is 4.09. The maximum Gasteiger partial charge on any atom is 0.411 e. The van der Waals surface area contributed by atoms with Gasteiger partial charge in [0.1, 0.15) is 5.60 Å². The molecule has 2 fully saturated rings. The maximum absolute atomic E-state index is 12.0. The molecule has 4 nitrogen and oxygen atoms in total. The van der Waals surface area contributed by atoms with Crippen molar-refractivity contribution < 1.29 is 9.53 Å². The van der Waals surface area contributed by atoms with Crippen molar-refractivity contribution in [1.29, 1.82) is 0 Å². The molecule has 98 valence electrons. The number of piperidine rings is 1. The first-order chi connectivity index (χ1) is 7.73. The normalized spacial score (nSPS) is 37.1. The monoisotopic (exact) mass is 240 g/mol. The van der Waals surface area contributed by atoms with E-state index in [2.05, 4.69) is 6.92 Å². The van der Waals surface area contributed by atoms with E-state index in [0.717, 1.165) is 25.3 Å². The molecule has 3 atom stereocenters. The van der Waals surface area contributed by atoms with Crippen LogP contribution in [0.5, 0.6) is 0 Å². The molecule has 2 unspecified atom stereocenters. The minimum absolute atomic E-state index is 0.177. The van der Waals surface area contributed by atoms with E-state index < -0.39 is 5.60 Å². The van der Waals surface area contributed by atoms with Gasteiger partial charge in [0.05, 0.1) is 6.17 Å². The van der Waals surface area contributed by atoms with Crippen LogP contribution >= 0.6 is 0 Å². The van der Waals surface area contributed by atoms with Crippen molar-refractivity contribution in [2.75, 3.05) is 6.54 Å². The van der Waals surface area contributed by atoms with Crippen molar-refractivity contribution >= 4 is 6.09 Å². The van der Waals surface area contributed by atoms with Crippen molar-refractivity contribution in [3.05, 3.63) is 0 Å². The summed E-state index contributed by atoms with van der Waals surface area (Å²) in [5.74, 6) is 0.773. The highest BCUT2D eigenvalue weighted by molar-refractivity contribution is 5.68. The molecule has 1 saturated carbocycles. The Morgan fingerprint density at radius 1 is 1.41 bits per heavy atom. The molecule has 1 saturated heterocycles. The number of carbonyl (C=O) groups excluding carboxylic acids is 1. The Morgan fingerprint density at radius 3 is 2.41 bits per heavy atom. The standard InChI is InChI=1S/C13H24N2O2/c1-9-7-13(9)5-6-15(10(14)8-13)11(16)17-12(2,3)4/h9-10H,5-8,14H2,1-4H3/t9-,10?,13?/m0/s1. The van der Waals surface area contributed by atoms with E-state index in [4.69, 9.17) is 10.5 Å². The summed E-state index contributed by atoms with van der Waals surface area (Å²) in [5.41, 5.74) is 6.08. The predicted octanol–water partition coefficient (Wildman–Crippen LogP) is 2.33. The Hall–Kier alpha value is -0.770. The number of likely N-dealkylation sites (tertiary alicyclic amines) is 1. The molecule has 0 radical (unpaired) electrons. The van der Waals surface area contributed by atoms with Gasteiger partial charge in [-0.1, -0.05) is 6.92 Å². The molecule has 1 heterocycles. The van der Waals surface area contributed by atoms with Crippen LogP contribution in [0.3, 0.4) is 0 Å². The van der Waals surface area contributed by atoms with Gasteiger partial charge in [-0.2, -0.15) is 0 Å². The number of nitrogens with zero attached hydrogens (tertiary/aromatic N) is 1. The third kappa shape index (κ3) is 2.57. The van der Waals surface area contributed by atoms with Crippen molar-refractivity contribution in [1.82, 2.24) is 4.90 Å². The lowest BCUT2D eigenvalue weighted by atomic mass is 9.89. The van der Waals surface area contributed by atoms with Gasteiger partial charge in [0.2, 0.25) is 0 Å². The highest BCUT2D eigenvalue weighted by atomic mass is 16.6. The summed E-state index contributed by atoms with van der Waals surface area (Å²) in [6.45, 7) is 8.65. The number of amides is 1. The van der Waals surface area contributed by atoms with Crippen LogP contribution in [-0.2, 0) is 4.74 Å². The second-order valence-corrected chi connectivity index (χ2v) is 6.66. The number of carbonyl (C=O) groups is 1. The van der Waals surface area contributed by atoms with E-state index in [-0.39, 0.29) is 12.3 Å². The SMILES string of the molecule is C[C@H]1CC12CCN(C(=O)OC(C)(C)C)C(N)C2. The second-order valence-electron chi connectivity index (χ2n) is 6.66. The van der Waals surface area contributed by atoms with E-state index in [1.165, 1.54) is 6.42 Å². The van der Waals surface area contributed by atoms with Gasteiger partial charge in [-0.05, 0) is 51.4 Å². The lowest BCUT2D eigenvalue weighted by Crippen LogP contribution is -2.53. The fourth-order valence-electron chi connectivity index (χ4n) is 2.87. The Morgan fingerprint density at radius 2 is 2.00 bits per heavy atom. The molecule has 2 aliphatic rings. The summed E-state index contributed by atoms with van der Waals surface area (Å²) in [5, 5.41) is 0. The molecule has 1 aliphatic heterocycles. The average molecular weight is 240 g/mol. The van der Waals surface area contributed by atoms with E-state index >= 15 is 0 Å². The van der Waals surface area contributed by atoms with E-state index in [1.807, 2.05) is 20.8 Å². The number of hydrogen-bond acceptors (Lipinski definition) is 3. The molecule has 1 amide bonds. The zero-order valence-corrected chi connectivity index (χ0v) is 11.3. The average Bonchev–Trinajstić information content (AvgIpc) is 2.72. The van der Waals surface area contributed by atoms with Gasteiger partial charge in [0, 0.05) is 6.54 Å². The molecule has 2 rings (SSSR count). The van der Waals surface area contributed by atoms with Gasteiger partial charge in [-0.25, -0.2) is 4.79 Å². The zero-order valence-electron chi connectivity index (χ0n) is 11.3. The number of hydrogen-bond donors (Lipinski definition) is 1. The molecule has 1 spiro atoms. The first-order valence-corrected chi connectivity index (χ1v) is 6.49. The topological polar surface area (TPSA) is 55.6 Å². The summed E-state index contributed by atoms with van der Waals surface area (Å²) in [6, 6.07) is 0. The molecule has 0 aromatic carbocycles. The van der Waals surface area contributed by atoms with Crippen LogP contribution in [0.15, 0.2) is 0 Å². The smallest absolute Gasteiger partial charge is 0.411 e. The van der Waals surface area contributed by atoms with Gasteiger partial charge in [-0.15, -0.1) is 0 Å². The lowest BCUT2D eigenvalue weighted by molar-refractivity contribution is 0.00270. The van der Waals surface area contributed by atoms with Crippen LogP contribution < -0.4 is 5.73 Å². The number of ether oxygens (including phenoxy) is 1. The first-order valence-electron chi connectivity index (χ1n) is 6.49. The van der Waals surface area contributed by atoms with Gasteiger partial charge < -0.3 is 10.5 Å². The van der Waals surface area contributed by atoms with E-state index in [0.29, 0.717) is 5.41 Å². The highest BCUT2D eigenvalue weighted by Gasteiger charge is 2.54. The fourth-order valence-corrected chi connectivity index (χ4v) is 2.87. The number of rotatable bonds is 0. The van der Waals surface area contributed by atoms with E-state index in [1.54, 1.807) is 4.90 Å². The highest BCUT2D eigenvalue weighted by Crippen LogP contribution is 2.59. The Balaban J connectivity index is 1.93. The third-order valence-corrected chi connectivity index (χ3v) is 4.09. The van der Waals surface area contributed by atoms with Crippen molar-refractivity contribution in [3.63, 3.8) is 0 Å². The van der Waals surface area contributed by atoms with Crippen LogP contribution in [0.2, 0.25) is 0 Å². The van der Waals surface area contributed by atoms with Crippen molar-refractivity contribution in [3.8, 4) is 0 Å². The minimum atomic E-state index is -0.446. The summed E-state index contributed by atoms with van der Waals surface area (Å²) in [6.07, 6.45) is 2.81. The maximum atomic E-state index is 12.0. The van der Waals surface area contributed by atoms with Crippen LogP contribution in [0.4, 0.5) is 4.79 Å². The summed E-state index contributed by atoms with van der Waals surface area (Å²) < 4.78 is 5.37. The molecule has 0 aromatic rings. The number of nitrogens with two attached hydrogens (primary N) is 1. The fraction of sp³-hybridized carbons (Fsp3) is 0.923. The molecule has 17 heavy (non-hydrogen) atoms. The van der Waals surface area contributed by atoms with Crippen LogP contribution in [0.25, 0.3) is 0 Å². The lowest BCUT2D eigenvalue weighted by Gasteiger charge is -2.38. The first kappa shape index (κ1) is 12.7. The largest absolute Gasteiger partial charge is 0.444 e. The second kappa shape index (κ2) is 3.87. The molecule has 4 heteroatoms. The minimum Gasteiger partial charge on any atom is -0.444 e. The van der Waals surface area contributed by atoms with Crippen LogP contribution in [0.1, 0.15) is 47.0 Å². The summed E-state index contributed by atoms with van der Waals surface area (Å²) in [4.78, 5) is 13.6. The van der Waals surface area contributed by atoms with E-state index in [9.17, 15) is 4.79 Å². The van der Waals surface area contributed by atoms with Crippen molar-refractivity contribution in [2.24, 2.45) is 17.1 Å². The zero-order chi connectivity index (χ0) is 12.8. The van der Waals surface area contributed by atoms with Gasteiger partial charge >= 0.3 is 6.09 Å².